The highest BCUT2D eigenvalue weighted by atomic mass is 32.1. The van der Waals surface area contributed by atoms with Gasteiger partial charge in [0.15, 0.2) is 5.11 Å². The zero-order valence-electron chi connectivity index (χ0n) is 11.5. The zero-order valence-corrected chi connectivity index (χ0v) is 12.3. The van der Waals surface area contributed by atoms with Crippen LogP contribution < -0.4 is 15.4 Å². The maximum Gasteiger partial charge on any atom is 0.273 e. The van der Waals surface area contributed by atoms with Gasteiger partial charge in [0.25, 0.3) is 5.69 Å². The molecule has 8 heteroatoms. The van der Waals surface area contributed by atoms with Crippen molar-refractivity contribution in [3.05, 3.63) is 58.4 Å². The van der Waals surface area contributed by atoms with Gasteiger partial charge in [-0.05, 0) is 42.5 Å². The molecular weight excluding hydrogens is 309 g/mol. The molecule has 0 amide bonds. The number of thiocarbonyl (C=S) groups is 1. The monoisotopic (exact) mass is 321 g/mol. The summed E-state index contributed by atoms with van der Waals surface area (Å²) in [7, 11) is 1.40. The van der Waals surface area contributed by atoms with E-state index >= 15 is 0 Å². The number of nitrogens with one attached hydrogen (secondary N) is 2. The highest BCUT2D eigenvalue weighted by Gasteiger charge is 2.12. The van der Waals surface area contributed by atoms with Gasteiger partial charge in [0.2, 0.25) is 0 Å². The fourth-order valence-corrected chi connectivity index (χ4v) is 1.94. The molecule has 2 aromatic carbocycles. The van der Waals surface area contributed by atoms with Crippen molar-refractivity contribution in [2.75, 3.05) is 17.7 Å². The zero-order chi connectivity index (χ0) is 16.1. The minimum absolute atomic E-state index is 0.0835. The van der Waals surface area contributed by atoms with Gasteiger partial charge in [-0.3, -0.25) is 10.1 Å². The van der Waals surface area contributed by atoms with Crippen LogP contribution in [0.25, 0.3) is 0 Å². The second kappa shape index (κ2) is 6.81. The van der Waals surface area contributed by atoms with Gasteiger partial charge in [-0.15, -0.1) is 0 Å². The number of non-ortho nitro benzene ring substituents is 1. The number of rotatable bonds is 4. The quantitative estimate of drug-likeness (QED) is 0.509. The third-order valence-electron chi connectivity index (χ3n) is 2.75. The number of hydrogen-bond donors (Lipinski definition) is 2. The molecule has 22 heavy (non-hydrogen) atoms. The number of benzene rings is 2. The molecule has 0 saturated heterocycles. The van der Waals surface area contributed by atoms with Crippen LogP contribution in [0.5, 0.6) is 5.75 Å². The molecule has 0 bridgehead atoms. The minimum atomic E-state index is -0.513. The Morgan fingerprint density at radius 1 is 1.23 bits per heavy atom. The Morgan fingerprint density at radius 2 is 1.91 bits per heavy atom. The molecule has 0 saturated carbocycles. The molecule has 0 atom stereocenters. The molecular formula is C14H12FN3O3S. The van der Waals surface area contributed by atoms with E-state index in [4.69, 9.17) is 17.0 Å². The first-order chi connectivity index (χ1) is 10.5. The molecule has 114 valence electrons. The lowest BCUT2D eigenvalue weighted by Crippen LogP contribution is -2.19. The summed E-state index contributed by atoms with van der Waals surface area (Å²) in [5.74, 6) is -0.0566. The highest BCUT2D eigenvalue weighted by Crippen LogP contribution is 2.29. The molecule has 0 aromatic heterocycles. The third kappa shape index (κ3) is 3.89. The fraction of sp³-hybridized carbons (Fsp3) is 0.0714. The fourth-order valence-electron chi connectivity index (χ4n) is 1.71. The van der Waals surface area contributed by atoms with E-state index in [-0.39, 0.29) is 22.4 Å². The predicted molar refractivity (Wildman–Crippen MR) is 85.9 cm³/mol. The molecule has 0 fully saturated rings. The van der Waals surface area contributed by atoms with Crippen LogP contribution in [0, 0.1) is 15.9 Å². The van der Waals surface area contributed by atoms with Crippen LogP contribution in [0.2, 0.25) is 0 Å². The molecule has 0 radical (unpaired) electrons. The molecule has 0 unspecified atom stereocenters. The third-order valence-corrected chi connectivity index (χ3v) is 2.95. The Kier molecular flexibility index (Phi) is 4.84. The Hall–Kier alpha value is -2.74. The van der Waals surface area contributed by atoms with E-state index in [9.17, 15) is 14.5 Å². The molecule has 6 nitrogen and oxygen atoms in total. The molecule has 0 aliphatic carbocycles. The second-order valence-electron chi connectivity index (χ2n) is 4.23. The number of nitro benzene ring substituents is 1. The highest BCUT2D eigenvalue weighted by molar-refractivity contribution is 7.80. The number of nitro groups is 1. The van der Waals surface area contributed by atoms with Crippen LogP contribution in [-0.4, -0.2) is 17.1 Å². The van der Waals surface area contributed by atoms with Gasteiger partial charge in [-0.25, -0.2) is 4.39 Å². The number of anilines is 2. The van der Waals surface area contributed by atoms with E-state index in [1.807, 2.05) is 0 Å². The molecule has 2 N–H and O–H groups in total. The van der Waals surface area contributed by atoms with Crippen molar-refractivity contribution in [2.24, 2.45) is 0 Å². The van der Waals surface area contributed by atoms with Crippen molar-refractivity contribution >= 4 is 34.4 Å². The van der Waals surface area contributed by atoms with Crippen molar-refractivity contribution in [3.8, 4) is 5.75 Å². The second-order valence-corrected chi connectivity index (χ2v) is 4.64. The van der Waals surface area contributed by atoms with Gasteiger partial charge in [0, 0.05) is 11.8 Å². The van der Waals surface area contributed by atoms with Gasteiger partial charge < -0.3 is 15.4 Å². The molecule has 0 aliphatic heterocycles. The van der Waals surface area contributed by atoms with Crippen molar-refractivity contribution in [3.63, 3.8) is 0 Å². The number of hydrogen-bond acceptors (Lipinski definition) is 4. The molecule has 0 aliphatic rings. The summed E-state index contributed by atoms with van der Waals surface area (Å²) in [6, 6.07) is 9.81. The molecule has 0 spiro atoms. The Labute approximate surface area is 131 Å². The number of nitrogens with zero attached hydrogens (tertiary/aromatic N) is 1. The van der Waals surface area contributed by atoms with Gasteiger partial charge in [-0.1, -0.05) is 0 Å². The summed E-state index contributed by atoms with van der Waals surface area (Å²) in [6.45, 7) is 0. The van der Waals surface area contributed by atoms with E-state index in [1.54, 1.807) is 0 Å². The largest absolute Gasteiger partial charge is 0.494 e. The Balaban J connectivity index is 2.10. The summed E-state index contributed by atoms with van der Waals surface area (Å²) in [6.07, 6.45) is 0. The summed E-state index contributed by atoms with van der Waals surface area (Å²) in [5.41, 5.74) is 1.01. The Morgan fingerprint density at radius 3 is 2.50 bits per heavy atom. The maximum atomic E-state index is 12.8. The average Bonchev–Trinajstić information content (AvgIpc) is 2.49. The topological polar surface area (TPSA) is 76.4 Å². The smallest absolute Gasteiger partial charge is 0.273 e. The number of methoxy groups -OCH3 is 1. The van der Waals surface area contributed by atoms with Gasteiger partial charge in [0.1, 0.15) is 11.6 Å². The van der Waals surface area contributed by atoms with E-state index in [2.05, 4.69) is 10.6 Å². The Bertz CT molecular complexity index is 707. The van der Waals surface area contributed by atoms with E-state index in [0.717, 1.165) is 0 Å². The first kappa shape index (κ1) is 15.6. The first-order valence-electron chi connectivity index (χ1n) is 6.15. The maximum absolute atomic E-state index is 12.8. The summed E-state index contributed by atoms with van der Waals surface area (Å²) in [5, 5.41) is 16.7. The van der Waals surface area contributed by atoms with Crippen LogP contribution in [0.4, 0.5) is 21.5 Å². The number of ether oxygens (including phenoxy) is 1. The summed E-state index contributed by atoms with van der Waals surface area (Å²) in [4.78, 5) is 10.2. The molecule has 2 aromatic rings. The lowest BCUT2D eigenvalue weighted by atomic mass is 10.2. The van der Waals surface area contributed by atoms with Crippen LogP contribution >= 0.6 is 12.2 Å². The van der Waals surface area contributed by atoms with Gasteiger partial charge >= 0.3 is 0 Å². The lowest BCUT2D eigenvalue weighted by molar-refractivity contribution is -0.384. The first-order valence-corrected chi connectivity index (χ1v) is 6.56. The average molecular weight is 321 g/mol. The van der Waals surface area contributed by atoms with Gasteiger partial charge in [-0.2, -0.15) is 0 Å². The summed E-state index contributed by atoms with van der Waals surface area (Å²) < 4.78 is 17.9. The SMILES string of the molecule is COc1cc([N+](=O)[O-])ccc1NC(=S)Nc1ccc(F)cc1. The minimum Gasteiger partial charge on any atom is -0.494 e. The predicted octanol–water partition coefficient (Wildman–Crippen LogP) is 3.55. The van der Waals surface area contributed by atoms with Crippen molar-refractivity contribution < 1.29 is 14.1 Å². The van der Waals surface area contributed by atoms with E-state index in [1.165, 1.54) is 49.6 Å². The van der Waals surface area contributed by atoms with Crippen LogP contribution in [0.1, 0.15) is 0 Å². The van der Waals surface area contributed by atoms with Crippen molar-refractivity contribution in [2.45, 2.75) is 0 Å². The van der Waals surface area contributed by atoms with Crippen LogP contribution in [0.3, 0.4) is 0 Å². The molecule has 2 rings (SSSR count). The summed E-state index contributed by atoms with van der Waals surface area (Å²) >= 11 is 5.14. The lowest BCUT2D eigenvalue weighted by Gasteiger charge is -2.13. The van der Waals surface area contributed by atoms with Crippen molar-refractivity contribution in [1.29, 1.82) is 0 Å². The standard InChI is InChI=1S/C14H12FN3O3S/c1-21-13-8-11(18(19)20)6-7-12(13)17-14(22)16-10-4-2-9(15)3-5-10/h2-8H,1H3,(H2,16,17,22). The van der Waals surface area contributed by atoms with Gasteiger partial charge in [0.05, 0.1) is 23.8 Å². The normalized spacial score (nSPS) is 9.91. The number of halogens is 1. The van der Waals surface area contributed by atoms with E-state index < -0.39 is 4.92 Å². The van der Waals surface area contributed by atoms with Crippen LogP contribution in [0.15, 0.2) is 42.5 Å². The van der Waals surface area contributed by atoms with Crippen molar-refractivity contribution in [1.82, 2.24) is 0 Å². The van der Waals surface area contributed by atoms with Crippen LogP contribution in [-0.2, 0) is 0 Å². The van der Waals surface area contributed by atoms with E-state index in [0.29, 0.717) is 11.4 Å². The molecule has 0 heterocycles.